The Kier molecular flexibility index (Phi) is 7.94. The van der Waals surface area contributed by atoms with Crippen molar-refractivity contribution in [2.75, 3.05) is 13.7 Å². The number of hydrogen-bond donors (Lipinski definition) is 0. The normalized spacial score (nSPS) is 18.1. The van der Waals surface area contributed by atoms with Crippen molar-refractivity contribution in [3.05, 3.63) is 88.7 Å². The van der Waals surface area contributed by atoms with Crippen LogP contribution in [0.3, 0.4) is 0 Å². The van der Waals surface area contributed by atoms with Crippen LogP contribution in [0.4, 0.5) is 13.2 Å². The first-order valence-corrected chi connectivity index (χ1v) is 12.0. The minimum Gasteiger partial charge on any atom is -0.494 e. The molecule has 180 valence electrons. The molecule has 5 heteroatoms. The van der Waals surface area contributed by atoms with Gasteiger partial charge in [-0.15, -0.1) is 0 Å². The molecule has 3 aromatic rings. The lowest BCUT2D eigenvalue weighted by atomic mass is 9.82. The molecule has 0 unspecified atom stereocenters. The fourth-order valence-electron chi connectivity index (χ4n) is 4.83. The summed E-state index contributed by atoms with van der Waals surface area (Å²) in [5.41, 5.74) is 2.97. The van der Waals surface area contributed by atoms with Crippen molar-refractivity contribution in [2.24, 2.45) is 0 Å². The molecule has 3 aromatic carbocycles. The molecule has 4 rings (SSSR count). The van der Waals surface area contributed by atoms with Crippen LogP contribution in [0.1, 0.15) is 55.2 Å². The number of rotatable bonds is 8. The van der Waals surface area contributed by atoms with Crippen LogP contribution in [0.2, 0.25) is 0 Å². The maximum Gasteiger partial charge on any atom is 0.166 e. The lowest BCUT2D eigenvalue weighted by Crippen LogP contribution is -2.20. The van der Waals surface area contributed by atoms with Crippen molar-refractivity contribution >= 4 is 0 Å². The van der Waals surface area contributed by atoms with Crippen molar-refractivity contribution in [3.8, 4) is 16.9 Å². The lowest BCUT2D eigenvalue weighted by molar-refractivity contribution is 0.0655. The predicted octanol–water partition coefficient (Wildman–Crippen LogP) is 7.63. The van der Waals surface area contributed by atoms with Crippen molar-refractivity contribution < 1.29 is 22.6 Å². The van der Waals surface area contributed by atoms with Gasteiger partial charge in [0.2, 0.25) is 0 Å². The van der Waals surface area contributed by atoms with E-state index >= 15 is 0 Å². The number of hydrogen-bond acceptors (Lipinski definition) is 2. The molecule has 0 radical (unpaired) electrons. The molecule has 1 saturated carbocycles. The largest absolute Gasteiger partial charge is 0.494 e. The Bertz CT molecular complexity index is 1100. The zero-order valence-corrected chi connectivity index (χ0v) is 19.8. The summed E-state index contributed by atoms with van der Waals surface area (Å²) in [6.07, 6.45) is 4.74. The average molecular weight is 469 g/mol. The van der Waals surface area contributed by atoms with E-state index in [1.54, 1.807) is 43.5 Å². The summed E-state index contributed by atoms with van der Waals surface area (Å²) in [6.45, 7) is 2.35. The van der Waals surface area contributed by atoms with Crippen LogP contribution in [0.15, 0.2) is 54.6 Å². The second-order valence-electron chi connectivity index (χ2n) is 8.92. The maximum absolute atomic E-state index is 15.0. The molecule has 0 aliphatic heterocycles. The molecule has 0 amide bonds. The smallest absolute Gasteiger partial charge is 0.166 e. The minimum absolute atomic E-state index is 0.0281. The molecule has 0 atom stereocenters. The van der Waals surface area contributed by atoms with Gasteiger partial charge >= 0.3 is 0 Å². The third-order valence-corrected chi connectivity index (χ3v) is 6.84. The van der Waals surface area contributed by atoms with Crippen LogP contribution in [-0.2, 0) is 17.6 Å². The van der Waals surface area contributed by atoms with E-state index in [-0.39, 0.29) is 23.4 Å². The highest BCUT2D eigenvalue weighted by molar-refractivity contribution is 5.65. The van der Waals surface area contributed by atoms with Crippen molar-refractivity contribution in [3.63, 3.8) is 0 Å². The fraction of sp³-hybridized carbons (Fsp3) is 0.379. The monoisotopic (exact) mass is 468 g/mol. The van der Waals surface area contributed by atoms with Crippen LogP contribution < -0.4 is 4.74 Å². The van der Waals surface area contributed by atoms with Gasteiger partial charge in [-0.25, -0.2) is 13.2 Å². The summed E-state index contributed by atoms with van der Waals surface area (Å²) in [4.78, 5) is 0. The van der Waals surface area contributed by atoms with Crippen LogP contribution in [0.25, 0.3) is 11.1 Å². The van der Waals surface area contributed by atoms with E-state index in [2.05, 4.69) is 0 Å². The summed E-state index contributed by atoms with van der Waals surface area (Å²) < 4.78 is 55.0. The van der Waals surface area contributed by atoms with Gasteiger partial charge in [0.1, 0.15) is 11.6 Å². The van der Waals surface area contributed by atoms with Crippen LogP contribution in [0, 0.1) is 17.5 Å². The van der Waals surface area contributed by atoms with Gasteiger partial charge in [0.05, 0.1) is 12.7 Å². The van der Waals surface area contributed by atoms with E-state index in [0.29, 0.717) is 41.9 Å². The topological polar surface area (TPSA) is 18.5 Å². The van der Waals surface area contributed by atoms with E-state index in [9.17, 15) is 13.2 Å². The minimum atomic E-state index is -0.796. The molecule has 0 bridgehead atoms. The van der Waals surface area contributed by atoms with E-state index in [4.69, 9.17) is 9.47 Å². The van der Waals surface area contributed by atoms with Crippen LogP contribution >= 0.6 is 0 Å². The number of methoxy groups -OCH3 is 1. The Morgan fingerprint density at radius 2 is 1.56 bits per heavy atom. The second kappa shape index (κ2) is 11.1. The molecular weight excluding hydrogens is 437 g/mol. The molecule has 0 spiro atoms. The molecular formula is C29H31F3O2. The Balaban J connectivity index is 1.43. The Hall–Kier alpha value is -2.79. The Morgan fingerprint density at radius 3 is 2.21 bits per heavy atom. The van der Waals surface area contributed by atoms with Gasteiger partial charge < -0.3 is 9.47 Å². The summed E-state index contributed by atoms with van der Waals surface area (Å²) in [7, 11) is 1.70. The number of aryl methyl sites for hydroxylation is 2. The van der Waals surface area contributed by atoms with Gasteiger partial charge in [0, 0.05) is 18.7 Å². The molecule has 0 aromatic heterocycles. The third-order valence-electron chi connectivity index (χ3n) is 6.84. The van der Waals surface area contributed by atoms with Crippen LogP contribution in [0.5, 0.6) is 5.75 Å². The molecule has 1 aliphatic carbocycles. The zero-order chi connectivity index (χ0) is 24.1. The van der Waals surface area contributed by atoms with Crippen molar-refractivity contribution in [1.29, 1.82) is 0 Å². The van der Waals surface area contributed by atoms with Gasteiger partial charge in [-0.1, -0.05) is 42.5 Å². The van der Waals surface area contributed by atoms with Gasteiger partial charge in [0.15, 0.2) is 11.6 Å². The number of halogens is 3. The van der Waals surface area contributed by atoms with Gasteiger partial charge in [-0.3, -0.25) is 0 Å². The molecule has 1 fully saturated rings. The van der Waals surface area contributed by atoms with Gasteiger partial charge in [0.25, 0.3) is 0 Å². The van der Waals surface area contributed by atoms with Gasteiger partial charge in [-0.05, 0) is 79.7 Å². The first kappa shape index (κ1) is 24.3. The lowest BCUT2D eigenvalue weighted by Gasteiger charge is -2.28. The standard InChI is InChI=1S/C29H31F3O2/c1-3-34-24-15-12-22(27(30)18-24)9-6-19-4-7-20(8-5-19)25-16-17-26(29(32)28(25)31)21-10-13-23(33-2)14-11-21/h4-5,7-8,12,15-18,21,23H,3,6,9-11,13-14H2,1-2H3. The van der Waals surface area contributed by atoms with E-state index in [1.807, 2.05) is 19.1 Å². The molecule has 0 saturated heterocycles. The SMILES string of the molecule is CCOc1ccc(CCc2ccc(-c3ccc(C4CCC(OC)CC4)c(F)c3F)cc2)c(F)c1. The molecule has 2 nitrogen and oxygen atoms in total. The number of benzene rings is 3. The summed E-state index contributed by atoms with van der Waals surface area (Å²) in [6, 6.07) is 15.7. The van der Waals surface area contributed by atoms with E-state index in [1.165, 1.54) is 6.07 Å². The van der Waals surface area contributed by atoms with E-state index in [0.717, 1.165) is 31.2 Å². The Morgan fingerprint density at radius 1 is 0.824 bits per heavy atom. The highest BCUT2D eigenvalue weighted by Crippen LogP contribution is 2.37. The van der Waals surface area contributed by atoms with Crippen molar-refractivity contribution in [1.82, 2.24) is 0 Å². The summed E-state index contributed by atoms with van der Waals surface area (Å²) in [5, 5.41) is 0. The highest BCUT2D eigenvalue weighted by Gasteiger charge is 2.26. The number of ether oxygens (including phenoxy) is 2. The zero-order valence-electron chi connectivity index (χ0n) is 19.8. The predicted molar refractivity (Wildman–Crippen MR) is 129 cm³/mol. The summed E-state index contributed by atoms with van der Waals surface area (Å²) in [5.74, 6) is -1.27. The molecule has 34 heavy (non-hydrogen) atoms. The Labute approximate surface area is 199 Å². The highest BCUT2D eigenvalue weighted by atomic mass is 19.2. The molecule has 0 N–H and O–H groups in total. The van der Waals surface area contributed by atoms with Crippen molar-refractivity contribution in [2.45, 2.75) is 57.5 Å². The van der Waals surface area contributed by atoms with Crippen LogP contribution in [-0.4, -0.2) is 19.8 Å². The molecule has 1 aliphatic rings. The average Bonchev–Trinajstić information content (AvgIpc) is 2.86. The first-order chi connectivity index (χ1) is 16.5. The summed E-state index contributed by atoms with van der Waals surface area (Å²) >= 11 is 0. The van der Waals surface area contributed by atoms with Gasteiger partial charge in [-0.2, -0.15) is 0 Å². The molecule has 0 heterocycles. The van der Waals surface area contributed by atoms with E-state index < -0.39 is 11.6 Å². The second-order valence-corrected chi connectivity index (χ2v) is 8.92. The third kappa shape index (κ3) is 5.47. The first-order valence-electron chi connectivity index (χ1n) is 12.0. The fourth-order valence-corrected chi connectivity index (χ4v) is 4.83. The maximum atomic E-state index is 15.0. The quantitative estimate of drug-likeness (QED) is 0.338.